The SMILES string of the molecule is COC(CNC(=O)CCc1c(C)nc2c(c(C)nn2-c2ccccc2)c1C)OC. The van der Waals surface area contributed by atoms with Gasteiger partial charge in [0.15, 0.2) is 11.9 Å². The summed E-state index contributed by atoms with van der Waals surface area (Å²) in [7, 11) is 3.09. The van der Waals surface area contributed by atoms with Crippen molar-refractivity contribution >= 4 is 16.9 Å². The van der Waals surface area contributed by atoms with Crippen LogP contribution in [0.5, 0.6) is 0 Å². The van der Waals surface area contributed by atoms with E-state index in [2.05, 4.69) is 12.2 Å². The molecule has 7 nitrogen and oxygen atoms in total. The minimum Gasteiger partial charge on any atom is -0.354 e. The van der Waals surface area contributed by atoms with E-state index in [0.29, 0.717) is 19.4 Å². The summed E-state index contributed by atoms with van der Waals surface area (Å²) in [4.78, 5) is 17.1. The normalized spacial score (nSPS) is 11.4. The summed E-state index contributed by atoms with van der Waals surface area (Å²) in [6.07, 6.45) is 0.556. The summed E-state index contributed by atoms with van der Waals surface area (Å²) < 4.78 is 12.1. The lowest BCUT2D eigenvalue weighted by Crippen LogP contribution is -2.34. The van der Waals surface area contributed by atoms with Crippen LogP contribution in [0.2, 0.25) is 0 Å². The minimum atomic E-state index is -0.438. The number of amides is 1. The van der Waals surface area contributed by atoms with Crippen molar-refractivity contribution in [3.63, 3.8) is 0 Å². The van der Waals surface area contributed by atoms with Crippen LogP contribution in [0.3, 0.4) is 0 Å². The van der Waals surface area contributed by atoms with E-state index in [-0.39, 0.29) is 5.91 Å². The van der Waals surface area contributed by atoms with E-state index in [1.54, 1.807) is 14.2 Å². The molecule has 3 rings (SSSR count). The first-order valence-corrected chi connectivity index (χ1v) is 9.69. The van der Waals surface area contributed by atoms with Gasteiger partial charge in [-0.25, -0.2) is 9.67 Å². The molecule has 0 radical (unpaired) electrons. The molecule has 3 aromatic rings. The van der Waals surface area contributed by atoms with Crippen molar-refractivity contribution in [2.45, 2.75) is 39.9 Å². The van der Waals surface area contributed by atoms with E-state index < -0.39 is 6.29 Å². The fourth-order valence-corrected chi connectivity index (χ4v) is 3.61. The number of benzene rings is 1. The first-order valence-electron chi connectivity index (χ1n) is 9.69. The van der Waals surface area contributed by atoms with Crippen molar-refractivity contribution in [2.24, 2.45) is 0 Å². The van der Waals surface area contributed by atoms with Gasteiger partial charge in [0.05, 0.1) is 17.9 Å². The number of methoxy groups -OCH3 is 2. The van der Waals surface area contributed by atoms with Crippen LogP contribution >= 0.6 is 0 Å². The molecule has 0 aliphatic rings. The number of pyridine rings is 1. The van der Waals surface area contributed by atoms with Crippen LogP contribution in [-0.4, -0.2) is 47.7 Å². The number of aromatic nitrogens is 3. The van der Waals surface area contributed by atoms with Gasteiger partial charge in [0.2, 0.25) is 5.91 Å². The zero-order valence-electron chi connectivity index (χ0n) is 17.7. The largest absolute Gasteiger partial charge is 0.354 e. The minimum absolute atomic E-state index is 0.0419. The Morgan fingerprint density at radius 3 is 2.45 bits per heavy atom. The molecule has 0 atom stereocenters. The number of hydrogen-bond acceptors (Lipinski definition) is 5. The molecular weight excluding hydrogens is 368 g/mol. The van der Waals surface area contributed by atoms with Crippen molar-refractivity contribution in [2.75, 3.05) is 20.8 Å². The van der Waals surface area contributed by atoms with E-state index in [0.717, 1.165) is 39.2 Å². The predicted molar refractivity (Wildman–Crippen MR) is 112 cm³/mol. The number of carbonyl (C=O) groups excluding carboxylic acids is 1. The van der Waals surface area contributed by atoms with E-state index in [9.17, 15) is 4.79 Å². The number of ether oxygens (including phenoxy) is 2. The zero-order valence-corrected chi connectivity index (χ0v) is 17.7. The van der Waals surface area contributed by atoms with Gasteiger partial charge in [-0.3, -0.25) is 4.79 Å². The number of hydrogen-bond donors (Lipinski definition) is 1. The smallest absolute Gasteiger partial charge is 0.220 e. The van der Waals surface area contributed by atoms with Crippen LogP contribution in [0.1, 0.15) is 28.9 Å². The molecule has 1 aromatic carbocycles. The van der Waals surface area contributed by atoms with Crippen molar-refractivity contribution in [3.05, 3.63) is 52.8 Å². The van der Waals surface area contributed by atoms with Crippen LogP contribution in [0.15, 0.2) is 30.3 Å². The number of para-hydroxylation sites is 1. The van der Waals surface area contributed by atoms with Crippen molar-refractivity contribution in [3.8, 4) is 5.69 Å². The fourth-order valence-electron chi connectivity index (χ4n) is 3.61. The van der Waals surface area contributed by atoms with Gasteiger partial charge >= 0.3 is 0 Å². The molecule has 0 unspecified atom stereocenters. The molecule has 29 heavy (non-hydrogen) atoms. The summed E-state index contributed by atoms with van der Waals surface area (Å²) >= 11 is 0. The second-order valence-electron chi connectivity index (χ2n) is 7.04. The van der Waals surface area contributed by atoms with Gasteiger partial charge in [-0.2, -0.15) is 5.10 Å². The third kappa shape index (κ3) is 4.46. The maximum absolute atomic E-state index is 12.2. The molecule has 0 spiro atoms. The number of nitrogens with zero attached hydrogens (tertiary/aromatic N) is 3. The molecule has 0 aliphatic heterocycles. The second kappa shape index (κ2) is 9.15. The molecule has 1 amide bonds. The average molecular weight is 396 g/mol. The number of rotatable bonds is 8. The van der Waals surface area contributed by atoms with Crippen LogP contribution in [0.4, 0.5) is 0 Å². The monoisotopic (exact) mass is 396 g/mol. The standard InChI is InChI=1S/C22H28N4O3/c1-14-18(11-12-19(27)23-13-20(28-4)29-5)15(2)24-22-21(14)16(3)25-26(22)17-9-7-6-8-10-17/h6-10,20H,11-13H2,1-5H3,(H,23,27). The summed E-state index contributed by atoms with van der Waals surface area (Å²) in [6, 6.07) is 10.00. The van der Waals surface area contributed by atoms with Crippen LogP contribution in [-0.2, 0) is 20.7 Å². The molecule has 0 fully saturated rings. The molecular formula is C22H28N4O3. The van der Waals surface area contributed by atoms with Gasteiger partial charge in [0.1, 0.15) is 0 Å². The number of fused-ring (bicyclic) bond motifs is 1. The number of carbonyl (C=O) groups is 1. The Morgan fingerprint density at radius 1 is 1.10 bits per heavy atom. The Labute approximate surface area is 171 Å². The maximum atomic E-state index is 12.2. The van der Waals surface area contributed by atoms with Crippen molar-refractivity contribution in [1.29, 1.82) is 0 Å². The highest BCUT2D eigenvalue weighted by Crippen LogP contribution is 2.28. The lowest BCUT2D eigenvalue weighted by Gasteiger charge is -2.15. The van der Waals surface area contributed by atoms with Crippen LogP contribution in [0.25, 0.3) is 16.7 Å². The topological polar surface area (TPSA) is 78.3 Å². The summed E-state index contributed by atoms with van der Waals surface area (Å²) in [5, 5.41) is 8.60. The molecule has 1 N–H and O–H groups in total. The molecule has 0 aliphatic carbocycles. The van der Waals surface area contributed by atoms with Gasteiger partial charge < -0.3 is 14.8 Å². The molecule has 2 aromatic heterocycles. The third-order valence-corrected chi connectivity index (χ3v) is 5.17. The van der Waals surface area contributed by atoms with E-state index in [1.165, 1.54) is 0 Å². The average Bonchev–Trinajstić information content (AvgIpc) is 3.05. The first kappa shape index (κ1) is 21.0. The van der Waals surface area contributed by atoms with E-state index in [1.807, 2.05) is 48.9 Å². The molecule has 154 valence electrons. The molecule has 0 saturated carbocycles. The second-order valence-corrected chi connectivity index (χ2v) is 7.04. The summed E-state index contributed by atoms with van der Waals surface area (Å²) in [5.41, 5.74) is 5.91. The molecule has 0 bridgehead atoms. The highest BCUT2D eigenvalue weighted by atomic mass is 16.7. The Bertz CT molecular complexity index is 994. The fraction of sp³-hybridized carbons (Fsp3) is 0.409. The van der Waals surface area contributed by atoms with E-state index >= 15 is 0 Å². The lowest BCUT2D eigenvalue weighted by molar-refractivity contribution is -0.127. The van der Waals surface area contributed by atoms with Crippen LogP contribution in [0, 0.1) is 20.8 Å². The van der Waals surface area contributed by atoms with Gasteiger partial charge in [0.25, 0.3) is 0 Å². The van der Waals surface area contributed by atoms with Gasteiger partial charge in [-0.15, -0.1) is 0 Å². The molecule has 7 heteroatoms. The van der Waals surface area contributed by atoms with E-state index in [4.69, 9.17) is 19.6 Å². The first-order chi connectivity index (χ1) is 14.0. The quantitative estimate of drug-likeness (QED) is 0.592. The highest BCUT2D eigenvalue weighted by molar-refractivity contribution is 5.85. The molecule has 0 saturated heterocycles. The van der Waals surface area contributed by atoms with Crippen LogP contribution < -0.4 is 5.32 Å². The zero-order chi connectivity index (χ0) is 21.0. The van der Waals surface area contributed by atoms with Gasteiger partial charge in [0, 0.05) is 31.7 Å². The maximum Gasteiger partial charge on any atom is 0.220 e. The number of nitrogens with one attached hydrogen (secondary N) is 1. The Kier molecular flexibility index (Phi) is 6.61. The Hall–Kier alpha value is -2.77. The highest BCUT2D eigenvalue weighted by Gasteiger charge is 2.18. The van der Waals surface area contributed by atoms with Gasteiger partial charge in [-0.1, -0.05) is 18.2 Å². The Balaban J connectivity index is 1.83. The summed E-state index contributed by atoms with van der Waals surface area (Å²) in [6.45, 7) is 6.39. The Morgan fingerprint density at radius 2 is 1.79 bits per heavy atom. The van der Waals surface area contributed by atoms with Gasteiger partial charge in [-0.05, 0) is 50.5 Å². The van der Waals surface area contributed by atoms with Crippen molar-refractivity contribution < 1.29 is 14.3 Å². The molecule has 2 heterocycles. The lowest BCUT2D eigenvalue weighted by atomic mass is 9.99. The van der Waals surface area contributed by atoms with Crippen molar-refractivity contribution in [1.82, 2.24) is 20.1 Å². The number of aryl methyl sites for hydroxylation is 3. The third-order valence-electron chi connectivity index (χ3n) is 5.17. The predicted octanol–water partition coefficient (Wildman–Crippen LogP) is 3.01. The summed E-state index contributed by atoms with van der Waals surface area (Å²) in [5.74, 6) is -0.0419.